The van der Waals surface area contributed by atoms with Gasteiger partial charge >= 0.3 is 0 Å². The number of hydrogen-bond acceptors (Lipinski definition) is 2. The molecule has 0 aromatic heterocycles. The van der Waals surface area contributed by atoms with E-state index >= 15 is 0 Å². The quantitative estimate of drug-likeness (QED) is 0.917. The fraction of sp³-hybridized carbons (Fsp3) is 0.455. The topological polar surface area (TPSA) is 35.2 Å². The second-order valence-electron chi connectivity index (χ2n) is 3.65. The van der Waals surface area contributed by atoms with Crippen molar-refractivity contribution in [3.63, 3.8) is 0 Å². The van der Waals surface area contributed by atoms with Crippen LogP contribution in [0.4, 0.5) is 4.39 Å². The summed E-state index contributed by atoms with van der Waals surface area (Å²) in [4.78, 5) is 0. The number of methoxy groups -OCH3 is 1. The maximum atomic E-state index is 13.8. The summed E-state index contributed by atoms with van der Waals surface area (Å²) in [6.45, 7) is 2.13. The number of halogens is 2. The smallest absolute Gasteiger partial charge is 0.132 e. The van der Waals surface area contributed by atoms with Crippen LogP contribution in [0.15, 0.2) is 16.6 Å². The lowest BCUT2D eigenvalue weighted by atomic mass is 10.0. The van der Waals surface area contributed by atoms with E-state index in [0.29, 0.717) is 17.5 Å². The molecule has 0 saturated heterocycles. The summed E-state index contributed by atoms with van der Waals surface area (Å²) in [6.07, 6.45) is 0.530. The molecular weight excluding hydrogens is 261 g/mol. The van der Waals surface area contributed by atoms with Crippen molar-refractivity contribution in [1.29, 1.82) is 0 Å². The van der Waals surface area contributed by atoms with E-state index in [4.69, 9.17) is 10.5 Å². The third-order valence-corrected chi connectivity index (χ3v) is 2.49. The van der Waals surface area contributed by atoms with Crippen molar-refractivity contribution in [2.45, 2.75) is 26.0 Å². The molecule has 4 heteroatoms. The predicted molar refractivity (Wildman–Crippen MR) is 62.2 cm³/mol. The molecule has 15 heavy (non-hydrogen) atoms. The van der Waals surface area contributed by atoms with Gasteiger partial charge in [-0.05, 0) is 31.0 Å². The van der Waals surface area contributed by atoms with E-state index in [1.165, 1.54) is 0 Å². The monoisotopic (exact) mass is 275 g/mol. The lowest BCUT2D eigenvalue weighted by Crippen LogP contribution is -2.19. The van der Waals surface area contributed by atoms with Crippen molar-refractivity contribution in [2.75, 3.05) is 7.11 Å². The zero-order valence-electron chi connectivity index (χ0n) is 8.89. The third kappa shape index (κ3) is 3.55. The Balaban J connectivity index is 3.04. The van der Waals surface area contributed by atoms with Crippen LogP contribution in [0.2, 0.25) is 0 Å². The first-order chi connectivity index (χ1) is 7.04. The Hall–Kier alpha value is -0.450. The van der Waals surface area contributed by atoms with Gasteiger partial charge in [0.25, 0.3) is 0 Å². The van der Waals surface area contributed by atoms with Gasteiger partial charge in [-0.15, -0.1) is 0 Å². The summed E-state index contributed by atoms with van der Waals surface area (Å²) in [6, 6.07) is 3.44. The van der Waals surface area contributed by atoms with Crippen molar-refractivity contribution in [1.82, 2.24) is 0 Å². The van der Waals surface area contributed by atoms with Crippen molar-refractivity contribution in [2.24, 2.45) is 5.73 Å². The predicted octanol–water partition coefficient (Wildman–Crippen LogP) is 2.62. The van der Waals surface area contributed by atoms with Gasteiger partial charge in [-0.2, -0.15) is 0 Å². The standard InChI is InChI=1S/C11H15BrFNO/c1-7(14)3-8-4-10(12)5-9(6-15-2)11(8)13/h4-5,7H,3,6,14H2,1-2H3. The van der Waals surface area contributed by atoms with Crippen LogP contribution in [0, 0.1) is 5.82 Å². The molecule has 84 valence electrons. The maximum absolute atomic E-state index is 13.8. The number of rotatable bonds is 4. The van der Waals surface area contributed by atoms with E-state index in [-0.39, 0.29) is 18.5 Å². The van der Waals surface area contributed by atoms with Crippen LogP contribution >= 0.6 is 15.9 Å². The summed E-state index contributed by atoms with van der Waals surface area (Å²) in [5.41, 5.74) is 6.84. The molecule has 0 spiro atoms. The molecule has 2 nitrogen and oxygen atoms in total. The summed E-state index contributed by atoms with van der Waals surface area (Å²) in [5.74, 6) is -0.211. The molecule has 1 aromatic rings. The minimum absolute atomic E-state index is 0.0517. The molecule has 0 aliphatic heterocycles. The molecular formula is C11H15BrFNO. The zero-order chi connectivity index (χ0) is 11.4. The average molecular weight is 276 g/mol. The summed E-state index contributed by atoms with van der Waals surface area (Å²) >= 11 is 3.34. The van der Waals surface area contributed by atoms with Crippen LogP contribution in [-0.2, 0) is 17.8 Å². The first-order valence-corrected chi connectivity index (χ1v) is 5.55. The van der Waals surface area contributed by atoms with Gasteiger partial charge in [0, 0.05) is 23.2 Å². The molecule has 1 atom stereocenters. The highest BCUT2D eigenvalue weighted by Gasteiger charge is 2.11. The Labute approximate surface area is 97.7 Å². The van der Waals surface area contributed by atoms with E-state index in [2.05, 4.69) is 15.9 Å². The van der Waals surface area contributed by atoms with Gasteiger partial charge in [0.1, 0.15) is 5.82 Å². The first-order valence-electron chi connectivity index (χ1n) is 4.76. The van der Waals surface area contributed by atoms with Crippen LogP contribution < -0.4 is 5.73 Å². The molecule has 1 rings (SSSR count). The molecule has 0 radical (unpaired) electrons. The lowest BCUT2D eigenvalue weighted by Gasteiger charge is -2.11. The van der Waals surface area contributed by atoms with Crippen LogP contribution in [0.25, 0.3) is 0 Å². The third-order valence-electron chi connectivity index (χ3n) is 2.03. The van der Waals surface area contributed by atoms with Crippen LogP contribution in [-0.4, -0.2) is 13.2 Å². The Morgan fingerprint density at radius 1 is 1.47 bits per heavy atom. The molecule has 2 N–H and O–H groups in total. The van der Waals surface area contributed by atoms with Crippen molar-refractivity contribution >= 4 is 15.9 Å². The normalized spacial score (nSPS) is 12.9. The molecule has 1 aromatic carbocycles. The van der Waals surface area contributed by atoms with E-state index in [0.717, 1.165) is 4.47 Å². The van der Waals surface area contributed by atoms with Crippen molar-refractivity contribution < 1.29 is 9.13 Å². The van der Waals surface area contributed by atoms with Gasteiger partial charge in [0.05, 0.1) is 6.61 Å². The zero-order valence-corrected chi connectivity index (χ0v) is 10.5. The van der Waals surface area contributed by atoms with Crippen LogP contribution in [0.3, 0.4) is 0 Å². The lowest BCUT2D eigenvalue weighted by molar-refractivity contribution is 0.181. The molecule has 1 unspecified atom stereocenters. The van der Waals surface area contributed by atoms with E-state index in [9.17, 15) is 4.39 Å². The van der Waals surface area contributed by atoms with Gasteiger partial charge in [-0.1, -0.05) is 15.9 Å². The van der Waals surface area contributed by atoms with E-state index < -0.39 is 0 Å². The summed E-state index contributed by atoms with van der Waals surface area (Å²) < 4.78 is 19.6. The highest BCUT2D eigenvalue weighted by Crippen LogP contribution is 2.22. The van der Waals surface area contributed by atoms with Gasteiger partial charge in [-0.25, -0.2) is 4.39 Å². The summed E-state index contributed by atoms with van der Waals surface area (Å²) in [7, 11) is 1.55. The Bertz CT molecular complexity index is 342. The molecule has 0 saturated carbocycles. The van der Waals surface area contributed by atoms with Crippen molar-refractivity contribution in [3.8, 4) is 0 Å². The highest BCUT2D eigenvalue weighted by molar-refractivity contribution is 9.10. The highest BCUT2D eigenvalue weighted by atomic mass is 79.9. The minimum Gasteiger partial charge on any atom is -0.380 e. The molecule has 0 aliphatic carbocycles. The molecule has 0 aliphatic rings. The summed E-state index contributed by atoms with van der Waals surface area (Å²) in [5, 5.41) is 0. The van der Waals surface area contributed by atoms with Gasteiger partial charge in [-0.3, -0.25) is 0 Å². The number of nitrogens with two attached hydrogens (primary N) is 1. The van der Waals surface area contributed by atoms with E-state index in [1.54, 1.807) is 19.2 Å². The van der Waals surface area contributed by atoms with Crippen molar-refractivity contribution in [3.05, 3.63) is 33.5 Å². The largest absolute Gasteiger partial charge is 0.380 e. The Kier molecular flexibility index (Phi) is 4.70. The number of hydrogen-bond donors (Lipinski definition) is 1. The molecule has 0 heterocycles. The van der Waals surface area contributed by atoms with Gasteiger partial charge < -0.3 is 10.5 Å². The van der Waals surface area contributed by atoms with Gasteiger partial charge in [0.2, 0.25) is 0 Å². The molecule has 0 bridgehead atoms. The second kappa shape index (κ2) is 5.58. The van der Waals surface area contributed by atoms with Crippen LogP contribution in [0.1, 0.15) is 18.1 Å². The number of benzene rings is 1. The van der Waals surface area contributed by atoms with E-state index in [1.807, 2.05) is 6.92 Å². The SMILES string of the molecule is COCc1cc(Br)cc(CC(C)N)c1F. The fourth-order valence-corrected chi connectivity index (χ4v) is 2.02. The Morgan fingerprint density at radius 3 is 2.60 bits per heavy atom. The van der Waals surface area contributed by atoms with Gasteiger partial charge in [0.15, 0.2) is 0 Å². The minimum atomic E-state index is -0.211. The average Bonchev–Trinajstić information content (AvgIpc) is 2.12. The number of ether oxygens (including phenoxy) is 1. The fourth-order valence-electron chi connectivity index (χ4n) is 1.46. The van der Waals surface area contributed by atoms with Crippen LogP contribution in [0.5, 0.6) is 0 Å². The maximum Gasteiger partial charge on any atom is 0.132 e. The first kappa shape index (κ1) is 12.6. The Morgan fingerprint density at radius 2 is 2.07 bits per heavy atom. The second-order valence-corrected chi connectivity index (χ2v) is 4.57. The molecule has 0 fully saturated rings. The molecule has 0 amide bonds.